The van der Waals surface area contributed by atoms with Crippen molar-refractivity contribution in [1.29, 1.82) is 0 Å². The van der Waals surface area contributed by atoms with Crippen molar-refractivity contribution in [3.05, 3.63) is 235 Å². The third kappa shape index (κ3) is 6.23. The molecule has 0 spiro atoms. The number of nitrogens with zero attached hydrogens (tertiary/aromatic N) is 3. The third-order valence-corrected chi connectivity index (χ3v) is 14.9. The van der Waals surface area contributed by atoms with Crippen molar-refractivity contribution in [2.45, 2.75) is 38.5 Å². The van der Waals surface area contributed by atoms with Crippen LogP contribution in [0.4, 0.5) is 0 Å². The van der Waals surface area contributed by atoms with Crippen molar-refractivity contribution in [1.82, 2.24) is 15.0 Å². The van der Waals surface area contributed by atoms with E-state index in [4.69, 9.17) is 15.0 Å². The lowest BCUT2D eigenvalue weighted by atomic mass is 9.81. The summed E-state index contributed by atoms with van der Waals surface area (Å²) in [5, 5.41) is 3.43. The SMILES string of the molecule is CC1(C)c2ccccc2-c2ccc(-c3cc(-c4ccc5c(c4)C(C)(C)c4ccccc4-5)c4cc(-c5ccc(-c6cc(-c7ccccc7)nc(-c7ccccc7)n6)cc5)c5ccccc5c4n3)cc21. The van der Waals surface area contributed by atoms with Crippen molar-refractivity contribution in [3.63, 3.8) is 0 Å². The molecule has 2 aromatic heterocycles. The fourth-order valence-corrected chi connectivity index (χ4v) is 11.3. The average Bonchev–Trinajstić information content (AvgIpc) is 3.77. The molecular formula is C65H47N3. The Balaban J connectivity index is 0.995. The molecule has 0 bridgehead atoms. The lowest BCUT2D eigenvalue weighted by Crippen LogP contribution is -2.15. The summed E-state index contributed by atoms with van der Waals surface area (Å²) in [4.78, 5) is 15.8. The van der Waals surface area contributed by atoms with Gasteiger partial charge >= 0.3 is 0 Å². The van der Waals surface area contributed by atoms with Gasteiger partial charge in [-0.25, -0.2) is 15.0 Å². The quantitative estimate of drug-likeness (QED) is 0.156. The zero-order chi connectivity index (χ0) is 45.7. The molecule has 0 radical (unpaired) electrons. The van der Waals surface area contributed by atoms with Crippen LogP contribution in [-0.2, 0) is 10.8 Å². The first-order chi connectivity index (χ1) is 33.2. The van der Waals surface area contributed by atoms with E-state index in [2.05, 4.69) is 216 Å². The van der Waals surface area contributed by atoms with E-state index in [9.17, 15) is 0 Å². The molecule has 0 aliphatic heterocycles. The van der Waals surface area contributed by atoms with Crippen LogP contribution in [0.5, 0.6) is 0 Å². The molecular weight excluding hydrogens is 823 g/mol. The summed E-state index contributed by atoms with van der Waals surface area (Å²) in [7, 11) is 0. The minimum absolute atomic E-state index is 0.124. The molecule has 0 saturated heterocycles. The highest BCUT2D eigenvalue weighted by Crippen LogP contribution is 2.52. The van der Waals surface area contributed by atoms with Gasteiger partial charge in [0.25, 0.3) is 0 Å². The van der Waals surface area contributed by atoms with E-state index in [1.54, 1.807) is 0 Å². The van der Waals surface area contributed by atoms with E-state index in [0.29, 0.717) is 5.82 Å². The molecule has 2 heterocycles. The summed E-state index contributed by atoms with van der Waals surface area (Å²) in [5.41, 5.74) is 23.1. The number of benzene rings is 9. The Bertz CT molecular complexity index is 3770. The van der Waals surface area contributed by atoms with Crippen molar-refractivity contribution in [3.8, 4) is 89.7 Å². The Kier molecular flexibility index (Phi) is 8.91. The summed E-state index contributed by atoms with van der Waals surface area (Å²) in [6.07, 6.45) is 0. The second kappa shape index (κ2) is 15.1. The molecule has 9 aromatic carbocycles. The molecule has 2 aliphatic rings. The van der Waals surface area contributed by atoms with Gasteiger partial charge in [-0.1, -0.05) is 210 Å². The summed E-state index contributed by atoms with van der Waals surface area (Å²) in [6, 6.07) is 77.0. The topological polar surface area (TPSA) is 38.7 Å². The van der Waals surface area contributed by atoms with Crippen LogP contribution in [0.1, 0.15) is 49.9 Å². The number of rotatable bonds is 6. The molecule has 0 fully saturated rings. The van der Waals surface area contributed by atoms with Crippen LogP contribution in [-0.4, -0.2) is 15.0 Å². The van der Waals surface area contributed by atoms with Gasteiger partial charge in [-0.2, -0.15) is 0 Å². The fraction of sp³-hybridized carbons (Fsp3) is 0.0923. The van der Waals surface area contributed by atoms with E-state index in [1.165, 1.54) is 66.6 Å². The molecule has 0 atom stereocenters. The number of fused-ring (bicyclic) bond motifs is 9. The van der Waals surface area contributed by atoms with E-state index in [-0.39, 0.29) is 10.8 Å². The summed E-state index contributed by atoms with van der Waals surface area (Å²) in [5.74, 6) is 0.707. The predicted octanol–water partition coefficient (Wildman–Crippen LogP) is 16.8. The highest BCUT2D eigenvalue weighted by atomic mass is 14.9. The standard InChI is InChI=1S/C65H47N3/c1-64(2)55-25-15-13-22-47(55)49-33-31-44(35-57(49)64)53-38-59(45-32-34-50-48-23-14-16-26-56(48)65(3,4)58(50)36-45)66-62-51-24-12-11-21-46(51)52(37-54(53)62)40-27-29-42(30-28-40)61-39-60(41-17-7-5-8-18-41)67-63(68-61)43-19-9-6-10-20-43/h5-39H,1-4H3. The highest BCUT2D eigenvalue weighted by molar-refractivity contribution is 6.16. The summed E-state index contributed by atoms with van der Waals surface area (Å²) >= 11 is 0. The Morgan fingerprint density at radius 2 is 0.706 bits per heavy atom. The fourth-order valence-electron chi connectivity index (χ4n) is 11.3. The van der Waals surface area contributed by atoms with Crippen LogP contribution in [0.2, 0.25) is 0 Å². The lowest BCUT2D eigenvalue weighted by Gasteiger charge is -2.23. The van der Waals surface area contributed by atoms with Gasteiger partial charge in [-0.3, -0.25) is 0 Å². The predicted molar refractivity (Wildman–Crippen MR) is 283 cm³/mol. The molecule has 0 N–H and O–H groups in total. The van der Waals surface area contributed by atoms with Gasteiger partial charge in [0.2, 0.25) is 0 Å². The van der Waals surface area contributed by atoms with E-state index >= 15 is 0 Å². The first-order valence-electron chi connectivity index (χ1n) is 23.7. The maximum atomic E-state index is 5.66. The van der Waals surface area contributed by atoms with Crippen molar-refractivity contribution < 1.29 is 0 Å². The molecule has 13 rings (SSSR count). The molecule has 68 heavy (non-hydrogen) atoms. The number of aromatic nitrogens is 3. The summed E-state index contributed by atoms with van der Waals surface area (Å²) in [6.45, 7) is 9.43. The van der Waals surface area contributed by atoms with Crippen molar-refractivity contribution in [2.75, 3.05) is 0 Å². The Labute approximate surface area is 397 Å². The largest absolute Gasteiger partial charge is 0.247 e. The van der Waals surface area contributed by atoms with Gasteiger partial charge in [0.05, 0.1) is 22.6 Å². The van der Waals surface area contributed by atoms with Crippen LogP contribution >= 0.6 is 0 Å². The van der Waals surface area contributed by atoms with Gasteiger partial charge in [0.15, 0.2) is 5.82 Å². The van der Waals surface area contributed by atoms with Crippen molar-refractivity contribution in [2.24, 2.45) is 0 Å². The molecule has 322 valence electrons. The second-order valence-corrected chi connectivity index (χ2v) is 19.6. The molecule has 3 nitrogen and oxygen atoms in total. The Morgan fingerprint density at radius 3 is 1.34 bits per heavy atom. The number of hydrogen-bond acceptors (Lipinski definition) is 3. The first kappa shape index (κ1) is 40.0. The second-order valence-electron chi connectivity index (χ2n) is 19.6. The highest BCUT2D eigenvalue weighted by Gasteiger charge is 2.37. The van der Waals surface area contributed by atoms with E-state index in [1.807, 2.05) is 24.3 Å². The zero-order valence-corrected chi connectivity index (χ0v) is 38.5. The third-order valence-electron chi connectivity index (χ3n) is 14.9. The van der Waals surface area contributed by atoms with Crippen LogP contribution in [0.3, 0.4) is 0 Å². The zero-order valence-electron chi connectivity index (χ0n) is 38.5. The normalized spacial score (nSPS) is 13.8. The minimum Gasteiger partial charge on any atom is -0.247 e. The number of pyridine rings is 1. The molecule has 11 aromatic rings. The Hall–Kier alpha value is -8.27. The van der Waals surface area contributed by atoms with Gasteiger partial charge < -0.3 is 0 Å². The van der Waals surface area contributed by atoms with E-state index in [0.717, 1.165) is 61.2 Å². The van der Waals surface area contributed by atoms with Crippen LogP contribution < -0.4 is 0 Å². The molecule has 3 heteroatoms. The molecule has 2 aliphatic carbocycles. The van der Waals surface area contributed by atoms with Crippen LogP contribution in [0.15, 0.2) is 212 Å². The monoisotopic (exact) mass is 869 g/mol. The van der Waals surface area contributed by atoms with Gasteiger partial charge in [0, 0.05) is 43.9 Å². The average molecular weight is 870 g/mol. The molecule has 0 amide bonds. The maximum Gasteiger partial charge on any atom is 0.160 e. The molecule has 0 unspecified atom stereocenters. The first-order valence-corrected chi connectivity index (χ1v) is 23.7. The number of hydrogen-bond donors (Lipinski definition) is 0. The van der Waals surface area contributed by atoms with Crippen molar-refractivity contribution >= 4 is 21.7 Å². The van der Waals surface area contributed by atoms with Gasteiger partial charge in [-0.05, 0) is 102 Å². The van der Waals surface area contributed by atoms with E-state index < -0.39 is 0 Å². The maximum absolute atomic E-state index is 5.66. The lowest BCUT2D eigenvalue weighted by molar-refractivity contribution is 0.660. The van der Waals surface area contributed by atoms with Gasteiger partial charge in [-0.15, -0.1) is 0 Å². The smallest absolute Gasteiger partial charge is 0.160 e. The molecule has 0 saturated carbocycles. The van der Waals surface area contributed by atoms with Crippen LogP contribution in [0.25, 0.3) is 111 Å². The Morgan fingerprint density at radius 1 is 0.265 bits per heavy atom. The van der Waals surface area contributed by atoms with Gasteiger partial charge in [0.1, 0.15) is 0 Å². The van der Waals surface area contributed by atoms with Crippen LogP contribution in [0, 0.1) is 0 Å². The summed E-state index contributed by atoms with van der Waals surface area (Å²) < 4.78 is 0. The minimum atomic E-state index is -0.138.